The average Bonchev–Trinajstić information content (AvgIpc) is 3.48. The summed E-state index contributed by atoms with van der Waals surface area (Å²) < 4.78 is 66.9. The van der Waals surface area contributed by atoms with Crippen molar-refractivity contribution in [2.45, 2.75) is 42.9 Å². The molecule has 1 aliphatic carbocycles. The van der Waals surface area contributed by atoms with Crippen molar-refractivity contribution >= 4 is 21.6 Å². The normalized spacial score (nSPS) is 16.7. The fraction of sp³-hybridized carbons (Fsp3) is 0.333. The Morgan fingerprint density at radius 1 is 1.19 bits per heavy atom. The predicted octanol–water partition coefficient (Wildman–Crippen LogP) is 4.01. The number of benzene rings is 1. The molecule has 0 spiro atoms. The van der Waals surface area contributed by atoms with E-state index in [1.54, 1.807) is 24.3 Å². The minimum Gasteiger partial charge on any atom is -0.316 e. The van der Waals surface area contributed by atoms with Crippen LogP contribution >= 0.6 is 0 Å². The molecular formula is C24H20F3N5O3S. The molecule has 12 heteroatoms. The van der Waals surface area contributed by atoms with Crippen molar-refractivity contribution in [2.24, 2.45) is 7.05 Å². The second-order valence-corrected chi connectivity index (χ2v) is 11.1. The minimum atomic E-state index is -4.68. The number of anilines is 1. The Bertz CT molecular complexity index is 1550. The second kappa shape index (κ2) is 7.89. The fourth-order valence-corrected chi connectivity index (χ4v) is 5.62. The number of fused-ring (bicyclic) bond motifs is 1. The Morgan fingerprint density at radius 3 is 2.42 bits per heavy atom. The van der Waals surface area contributed by atoms with Crippen LogP contribution in [0.2, 0.25) is 0 Å². The van der Waals surface area contributed by atoms with Crippen LogP contribution in [0.3, 0.4) is 0 Å². The summed E-state index contributed by atoms with van der Waals surface area (Å²) in [5.74, 6) is -0.974. The average molecular weight is 516 g/mol. The van der Waals surface area contributed by atoms with Gasteiger partial charge in [0.2, 0.25) is 0 Å². The van der Waals surface area contributed by atoms with Gasteiger partial charge in [-0.25, -0.2) is 13.4 Å². The summed E-state index contributed by atoms with van der Waals surface area (Å²) in [6.45, 7) is 1.24. The highest BCUT2D eigenvalue weighted by Gasteiger charge is 2.45. The number of carbonyl (C=O) groups excluding carboxylic acids is 1. The number of hydrogen-bond donors (Lipinski definition) is 0. The molecule has 8 nitrogen and oxygen atoms in total. The maximum Gasteiger partial charge on any atom is 0.417 e. The van der Waals surface area contributed by atoms with E-state index in [4.69, 9.17) is 0 Å². The van der Waals surface area contributed by atoms with Gasteiger partial charge in [-0.3, -0.25) is 14.7 Å². The third-order valence-corrected chi connectivity index (χ3v) is 8.50. The summed E-state index contributed by atoms with van der Waals surface area (Å²) in [5, 5.41) is 9.23. The molecule has 1 fully saturated rings. The van der Waals surface area contributed by atoms with Crippen molar-refractivity contribution in [2.75, 3.05) is 10.7 Å². The standard InChI is InChI=1S/C24H20F3N5O3S/c1-3-36(34,35)22-20(32-12-18-17(21(32)33)10-16(11-29-18)24(25,26)27)30-19(31(22)2)14-4-6-15(7-5-14)23(13-28)8-9-23/h4-7,10-11H,3,8-9,12H2,1-2H3. The number of hydrogen-bond acceptors (Lipinski definition) is 6. The summed E-state index contributed by atoms with van der Waals surface area (Å²) in [5.41, 5.74) is -0.261. The molecule has 186 valence electrons. The fourth-order valence-electron chi connectivity index (χ4n) is 4.41. The van der Waals surface area contributed by atoms with Crippen LogP contribution in [0, 0.1) is 11.3 Å². The van der Waals surface area contributed by atoms with Gasteiger partial charge in [0.05, 0.1) is 40.6 Å². The lowest BCUT2D eigenvalue weighted by atomic mass is 9.96. The number of imidazole rings is 1. The largest absolute Gasteiger partial charge is 0.417 e. The number of aromatic nitrogens is 3. The Kier molecular flexibility index (Phi) is 5.26. The van der Waals surface area contributed by atoms with Crippen LogP contribution in [-0.4, -0.2) is 34.6 Å². The summed E-state index contributed by atoms with van der Waals surface area (Å²) in [6.07, 6.45) is -2.48. The number of halogens is 3. The van der Waals surface area contributed by atoms with Crippen LogP contribution < -0.4 is 4.90 Å². The van der Waals surface area contributed by atoms with E-state index in [2.05, 4.69) is 16.0 Å². The second-order valence-electron chi connectivity index (χ2n) is 8.91. The van der Waals surface area contributed by atoms with Crippen molar-refractivity contribution < 1.29 is 26.4 Å². The molecule has 0 unspecified atom stereocenters. The third kappa shape index (κ3) is 3.65. The zero-order valence-corrected chi connectivity index (χ0v) is 20.1. The topological polar surface area (TPSA) is 109 Å². The Hall–Kier alpha value is -3.72. The molecule has 0 saturated heterocycles. The smallest absolute Gasteiger partial charge is 0.316 e. The highest BCUT2D eigenvalue weighted by Crippen LogP contribution is 2.48. The molecule has 0 bridgehead atoms. The highest BCUT2D eigenvalue weighted by molar-refractivity contribution is 7.91. The summed E-state index contributed by atoms with van der Waals surface area (Å²) >= 11 is 0. The first-order chi connectivity index (χ1) is 16.9. The third-order valence-electron chi connectivity index (χ3n) is 6.70. The van der Waals surface area contributed by atoms with E-state index in [0.29, 0.717) is 11.8 Å². The maximum absolute atomic E-state index is 13.2. The van der Waals surface area contributed by atoms with Gasteiger partial charge >= 0.3 is 6.18 Å². The van der Waals surface area contributed by atoms with Crippen molar-refractivity contribution in [3.05, 3.63) is 58.9 Å². The molecule has 2 aromatic heterocycles. The number of pyridine rings is 1. The van der Waals surface area contributed by atoms with Gasteiger partial charge < -0.3 is 4.57 Å². The number of amides is 1. The molecule has 0 radical (unpaired) electrons. The molecule has 1 amide bonds. The number of rotatable bonds is 5. The van der Waals surface area contributed by atoms with E-state index in [-0.39, 0.29) is 40.2 Å². The Labute approximate surface area is 204 Å². The van der Waals surface area contributed by atoms with Crippen LogP contribution in [0.25, 0.3) is 11.4 Å². The molecule has 1 aliphatic heterocycles. The van der Waals surface area contributed by atoms with Crippen LogP contribution in [0.4, 0.5) is 19.0 Å². The number of nitrogens with zero attached hydrogens (tertiary/aromatic N) is 5. The number of nitriles is 1. The predicted molar refractivity (Wildman–Crippen MR) is 123 cm³/mol. The number of alkyl halides is 3. The summed E-state index contributed by atoms with van der Waals surface area (Å²) in [6, 6.07) is 10.1. The molecule has 36 heavy (non-hydrogen) atoms. The molecule has 1 aromatic carbocycles. The van der Waals surface area contributed by atoms with Gasteiger partial charge in [0.25, 0.3) is 5.91 Å². The van der Waals surface area contributed by atoms with E-state index in [1.807, 2.05) is 0 Å². The highest BCUT2D eigenvalue weighted by atomic mass is 32.2. The van der Waals surface area contributed by atoms with Gasteiger partial charge in [-0.1, -0.05) is 31.2 Å². The first-order valence-corrected chi connectivity index (χ1v) is 12.8. The molecule has 3 aromatic rings. The van der Waals surface area contributed by atoms with E-state index >= 15 is 0 Å². The van der Waals surface area contributed by atoms with E-state index in [1.165, 1.54) is 18.5 Å². The van der Waals surface area contributed by atoms with E-state index in [0.717, 1.165) is 29.4 Å². The van der Waals surface area contributed by atoms with Gasteiger partial charge in [0.1, 0.15) is 5.82 Å². The molecule has 1 saturated carbocycles. The Morgan fingerprint density at radius 2 is 1.86 bits per heavy atom. The first kappa shape index (κ1) is 24.0. The van der Waals surface area contributed by atoms with Crippen LogP contribution in [-0.2, 0) is 35.0 Å². The van der Waals surface area contributed by atoms with Gasteiger partial charge in [0.15, 0.2) is 20.7 Å². The number of sulfone groups is 1. The zero-order chi connectivity index (χ0) is 26.0. The van der Waals surface area contributed by atoms with Crippen molar-refractivity contribution in [3.63, 3.8) is 0 Å². The van der Waals surface area contributed by atoms with E-state index in [9.17, 15) is 31.6 Å². The monoisotopic (exact) mass is 515 g/mol. The SMILES string of the molecule is CCS(=O)(=O)c1c(N2Cc3ncc(C(F)(F)F)cc3C2=O)nc(-c2ccc(C3(C#N)CC3)cc2)n1C. The molecule has 0 N–H and O–H groups in total. The zero-order valence-electron chi connectivity index (χ0n) is 19.3. The van der Waals surface area contributed by atoms with Crippen LogP contribution in [0.15, 0.2) is 41.6 Å². The van der Waals surface area contributed by atoms with Crippen molar-refractivity contribution in [1.29, 1.82) is 5.26 Å². The Balaban J connectivity index is 1.60. The first-order valence-electron chi connectivity index (χ1n) is 11.1. The lowest BCUT2D eigenvalue weighted by Gasteiger charge is -2.15. The molecule has 3 heterocycles. The molecular weight excluding hydrogens is 495 g/mol. The van der Waals surface area contributed by atoms with Gasteiger partial charge in [-0.05, 0) is 24.5 Å². The maximum atomic E-state index is 13.2. The van der Waals surface area contributed by atoms with Crippen LogP contribution in [0.5, 0.6) is 0 Å². The minimum absolute atomic E-state index is 0.107. The van der Waals surface area contributed by atoms with Gasteiger partial charge in [0, 0.05) is 18.8 Å². The summed E-state index contributed by atoms with van der Waals surface area (Å²) in [4.78, 5) is 22.5. The molecule has 5 rings (SSSR count). The quantitative estimate of drug-likeness (QED) is 0.508. The number of carbonyl (C=O) groups is 1. The summed E-state index contributed by atoms with van der Waals surface area (Å²) in [7, 11) is -2.38. The van der Waals surface area contributed by atoms with Gasteiger partial charge in [-0.15, -0.1) is 0 Å². The van der Waals surface area contributed by atoms with Crippen molar-refractivity contribution in [1.82, 2.24) is 14.5 Å². The molecule has 2 aliphatic rings. The van der Waals surface area contributed by atoms with Crippen molar-refractivity contribution in [3.8, 4) is 17.5 Å². The van der Waals surface area contributed by atoms with E-state index < -0.39 is 32.9 Å². The lowest BCUT2D eigenvalue weighted by Crippen LogP contribution is -2.26. The van der Waals surface area contributed by atoms with Gasteiger partial charge in [-0.2, -0.15) is 18.4 Å². The molecule has 0 atom stereocenters. The van der Waals surface area contributed by atoms with Crippen LogP contribution in [0.1, 0.15) is 46.9 Å². The lowest BCUT2D eigenvalue weighted by molar-refractivity contribution is -0.137.